The Morgan fingerprint density at radius 2 is 1.90 bits per heavy atom. The van der Waals surface area contributed by atoms with Crippen LogP contribution in [0.1, 0.15) is 28.9 Å². The maximum absolute atomic E-state index is 13.4. The zero-order valence-electron chi connectivity index (χ0n) is 16.4. The number of carbonyl (C=O) groups is 1. The molecule has 1 heterocycles. The van der Waals surface area contributed by atoms with Crippen LogP contribution < -0.4 is 4.74 Å². The molecule has 6 heteroatoms. The minimum Gasteiger partial charge on any atom is -0.497 e. The third-order valence-corrected chi connectivity index (χ3v) is 4.86. The molecule has 2 atom stereocenters. The van der Waals surface area contributed by atoms with E-state index in [1.165, 1.54) is 17.0 Å². The van der Waals surface area contributed by atoms with Gasteiger partial charge in [0.15, 0.2) is 0 Å². The number of amides is 1. The normalized spacial score (nSPS) is 13.0. The van der Waals surface area contributed by atoms with Crippen molar-refractivity contribution in [2.45, 2.75) is 18.4 Å². The highest BCUT2D eigenvalue weighted by Gasteiger charge is 2.27. The number of furan rings is 1. The van der Waals surface area contributed by atoms with Gasteiger partial charge in [-0.2, -0.15) is 0 Å². The molecule has 0 saturated heterocycles. The maximum atomic E-state index is 13.4. The first-order valence-corrected chi connectivity index (χ1v) is 9.32. The Labute approximate surface area is 169 Å². The largest absolute Gasteiger partial charge is 0.497 e. The predicted molar refractivity (Wildman–Crippen MR) is 107 cm³/mol. The highest BCUT2D eigenvalue weighted by Crippen LogP contribution is 2.26. The topological polar surface area (TPSA) is 62.9 Å². The van der Waals surface area contributed by atoms with Crippen molar-refractivity contribution in [3.63, 3.8) is 0 Å². The summed E-state index contributed by atoms with van der Waals surface area (Å²) in [5, 5.41) is 10.6. The second-order valence-corrected chi connectivity index (χ2v) is 6.90. The van der Waals surface area contributed by atoms with Gasteiger partial charge in [0.05, 0.1) is 31.9 Å². The fourth-order valence-corrected chi connectivity index (χ4v) is 3.24. The molecule has 0 spiro atoms. The van der Waals surface area contributed by atoms with Crippen LogP contribution in [-0.4, -0.2) is 36.6 Å². The summed E-state index contributed by atoms with van der Waals surface area (Å²) >= 11 is 0. The van der Waals surface area contributed by atoms with Gasteiger partial charge < -0.3 is 19.2 Å². The van der Waals surface area contributed by atoms with Crippen LogP contribution in [0.25, 0.3) is 0 Å². The van der Waals surface area contributed by atoms with Gasteiger partial charge in [0.25, 0.3) is 0 Å². The van der Waals surface area contributed by atoms with E-state index in [9.17, 15) is 14.3 Å². The van der Waals surface area contributed by atoms with Crippen LogP contribution in [-0.2, 0) is 11.2 Å². The van der Waals surface area contributed by atoms with Crippen molar-refractivity contribution >= 4 is 5.91 Å². The van der Waals surface area contributed by atoms with Crippen LogP contribution in [0.15, 0.2) is 71.3 Å². The van der Waals surface area contributed by atoms with Crippen LogP contribution in [0.3, 0.4) is 0 Å². The third kappa shape index (κ3) is 5.23. The Kier molecular flexibility index (Phi) is 6.67. The number of likely N-dealkylation sites (N-methyl/N-ethyl adjacent to an activating group) is 1. The Hall–Kier alpha value is -3.12. The first-order chi connectivity index (χ1) is 14.0. The van der Waals surface area contributed by atoms with E-state index in [4.69, 9.17) is 9.15 Å². The first kappa shape index (κ1) is 20.6. The molecule has 0 radical (unpaired) electrons. The van der Waals surface area contributed by atoms with Crippen molar-refractivity contribution in [3.05, 3.63) is 89.6 Å². The number of aliphatic hydroxyl groups excluding tert-OH is 1. The second kappa shape index (κ2) is 9.39. The predicted octanol–water partition coefficient (Wildman–Crippen LogP) is 3.95. The zero-order chi connectivity index (χ0) is 20.8. The van der Waals surface area contributed by atoms with E-state index in [0.29, 0.717) is 29.1 Å². The number of methoxy groups -OCH3 is 1. The van der Waals surface area contributed by atoms with Crippen molar-refractivity contribution in [1.29, 1.82) is 0 Å². The van der Waals surface area contributed by atoms with E-state index < -0.39 is 12.0 Å². The number of carbonyl (C=O) groups excluding carboxylic acids is 1. The Morgan fingerprint density at radius 1 is 1.14 bits per heavy atom. The van der Waals surface area contributed by atoms with Gasteiger partial charge >= 0.3 is 0 Å². The molecule has 1 aromatic heterocycles. The standard InChI is InChI=1S/C23H24FNO4/c1-25(15-22(26)17-5-3-6-19(13-17)28-2)23(27)21(14-20-7-4-12-29-20)16-8-10-18(24)11-9-16/h3-13,21-22,26H,14-15H2,1-2H3. The monoisotopic (exact) mass is 397 g/mol. The van der Waals surface area contributed by atoms with Gasteiger partial charge in [0.2, 0.25) is 5.91 Å². The lowest BCUT2D eigenvalue weighted by Crippen LogP contribution is -2.35. The number of benzene rings is 2. The molecular formula is C23H24FNO4. The fraction of sp³-hybridized carbons (Fsp3) is 0.261. The molecule has 3 rings (SSSR count). The van der Waals surface area contributed by atoms with E-state index in [1.807, 2.05) is 0 Å². The number of rotatable bonds is 8. The number of ether oxygens (including phenoxy) is 1. The maximum Gasteiger partial charge on any atom is 0.230 e. The molecule has 2 unspecified atom stereocenters. The van der Waals surface area contributed by atoms with Crippen molar-refractivity contribution in [2.24, 2.45) is 0 Å². The van der Waals surface area contributed by atoms with Gasteiger partial charge in [-0.15, -0.1) is 0 Å². The lowest BCUT2D eigenvalue weighted by Gasteiger charge is -2.26. The summed E-state index contributed by atoms with van der Waals surface area (Å²) in [4.78, 5) is 14.7. The van der Waals surface area contributed by atoms with E-state index in [1.54, 1.807) is 69.0 Å². The van der Waals surface area contributed by atoms with Crippen molar-refractivity contribution < 1.29 is 23.4 Å². The Balaban J connectivity index is 1.77. The summed E-state index contributed by atoms with van der Waals surface area (Å²) in [6.07, 6.45) is 1.03. The summed E-state index contributed by atoms with van der Waals surface area (Å²) in [6, 6.07) is 16.5. The molecule has 5 nitrogen and oxygen atoms in total. The lowest BCUT2D eigenvalue weighted by molar-refractivity contribution is -0.132. The number of halogens is 1. The van der Waals surface area contributed by atoms with Crippen LogP contribution in [0.5, 0.6) is 5.75 Å². The van der Waals surface area contributed by atoms with Gasteiger partial charge in [-0.1, -0.05) is 24.3 Å². The van der Waals surface area contributed by atoms with E-state index in [2.05, 4.69) is 0 Å². The molecular weight excluding hydrogens is 373 g/mol. The minimum absolute atomic E-state index is 0.113. The Bertz CT molecular complexity index is 924. The molecule has 2 aromatic carbocycles. The molecule has 0 aliphatic rings. The SMILES string of the molecule is COc1cccc(C(O)CN(C)C(=O)C(Cc2ccco2)c2ccc(F)cc2)c1. The highest BCUT2D eigenvalue weighted by atomic mass is 19.1. The van der Waals surface area contributed by atoms with Crippen LogP contribution in [0, 0.1) is 5.82 Å². The molecule has 1 amide bonds. The quantitative estimate of drug-likeness (QED) is 0.625. The molecule has 1 N–H and O–H groups in total. The van der Waals surface area contributed by atoms with E-state index in [-0.39, 0.29) is 18.3 Å². The first-order valence-electron chi connectivity index (χ1n) is 9.32. The highest BCUT2D eigenvalue weighted by molar-refractivity contribution is 5.83. The molecule has 0 aliphatic carbocycles. The molecule has 152 valence electrons. The van der Waals surface area contributed by atoms with Crippen molar-refractivity contribution in [2.75, 3.05) is 20.7 Å². The van der Waals surface area contributed by atoms with Crippen molar-refractivity contribution in [1.82, 2.24) is 4.90 Å². The average molecular weight is 397 g/mol. The molecule has 29 heavy (non-hydrogen) atoms. The van der Waals surface area contributed by atoms with Crippen LogP contribution >= 0.6 is 0 Å². The van der Waals surface area contributed by atoms with Gasteiger partial charge in [-0.25, -0.2) is 4.39 Å². The smallest absolute Gasteiger partial charge is 0.230 e. The van der Waals surface area contributed by atoms with Crippen molar-refractivity contribution in [3.8, 4) is 5.75 Å². The average Bonchev–Trinajstić information content (AvgIpc) is 3.25. The van der Waals surface area contributed by atoms with Gasteiger partial charge in [-0.3, -0.25) is 4.79 Å². The Morgan fingerprint density at radius 3 is 2.55 bits per heavy atom. The number of nitrogens with zero attached hydrogens (tertiary/aromatic N) is 1. The van der Waals surface area contributed by atoms with Gasteiger partial charge in [0.1, 0.15) is 17.3 Å². The number of hydrogen-bond donors (Lipinski definition) is 1. The minimum atomic E-state index is -0.864. The summed E-state index contributed by atoms with van der Waals surface area (Å²) in [5.74, 6) is 0.200. The molecule has 0 bridgehead atoms. The molecule has 3 aromatic rings. The molecule has 0 aliphatic heterocycles. The van der Waals surface area contributed by atoms with E-state index >= 15 is 0 Å². The summed E-state index contributed by atoms with van der Waals surface area (Å²) in [7, 11) is 3.20. The number of aliphatic hydroxyl groups is 1. The summed E-state index contributed by atoms with van der Waals surface area (Å²) in [5.41, 5.74) is 1.35. The molecule has 0 fully saturated rings. The van der Waals surface area contributed by atoms with Gasteiger partial charge in [-0.05, 0) is 47.5 Å². The third-order valence-electron chi connectivity index (χ3n) is 4.86. The zero-order valence-corrected chi connectivity index (χ0v) is 16.4. The van der Waals surface area contributed by atoms with Gasteiger partial charge in [0, 0.05) is 13.5 Å². The second-order valence-electron chi connectivity index (χ2n) is 6.90. The number of hydrogen-bond acceptors (Lipinski definition) is 4. The van der Waals surface area contributed by atoms with Crippen LogP contribution in [0.4, 0.5) is 4.39 Å². The van der Waals surface area contributed by atoms with Crippen LogP contribution in [0.2, 0.25) is 0 Å². The summed E-state index contributed by atoms with van der Waals surface area (Å²) in [6.45, 7) is 0.113. The summed E-state index contributed by atoms with van der Waals surface area (Å²) < 4.78 is 23.9. The molecule has 0 saturated carbocycles. The fourth-order valence-electron chi connectivity index (χ4n) is 3.24. The lowest BCUT2D eigenvalue weighted by atomic mass is 9.93. The van der Waals surface area contributed by atoms with E-state index in [0.717, 1.165) is 0 Å².